The van der Waals surface area contributed by atoms with Crippen LogP contribution in [0.4, 0.5) is 0 Å². The van der Waals surface area contributed by atoms with E-state index in [1.54, 1.807) is 7.11 Å². The number of piperidine rings is 1. The first-order valence-electron chi connectivity index (χ1n) is 8.01. The summed E-state index contributed by atoms with van der Waals surface area (Å²) in [5.74, 6) is -0.394. The third-order valence-electron chi connectivity index (χ3n) is 4.20. The molecule has 24 heavy (non-hydrogen) atoms. The van der Waals surface area contributed by atoms with Crippen LogP contribution in [0.1, 0.15) is 18.4 Å². The average Bonchev–Trinajstić information content (AvgIpc) is 2.61. The maximum Gasteiger partial charge on any atom is 0.252 e. The molecule has 134 valence electrons. The van der Waals surface area contributed by atoms with Crippen molar-refractivity contribution in [2.24, 2.45) is 0 Å². The van der Waals surface area contributed by atoms with Gasteiger partial charge in [-0.25, -0.2) is 0 Å². The van der Waals surface area contributed by atoms with Crippen molar-refractivity contribution in [1.82, 2.24) is 16.0 Å². The molecule has 6 nitrogen and oxygen atoms in total. The minimum atomic E-state index is -0.810. The van der Waals surface area contributed by atoms with Gasteiger partial charge in [-0.2, -0.15) is 0 Å². The summed E-state index contributed by atoms with van der Waals surface area (Å²) in [7, 11) is 1.55. The van der Waals surface area contributed by atoms with Crippen LogP contribution in [-0.2, 0) is 20.7 Å². The van der Waals surface area contributed by atoms with E-state index in [1.807, 2.05) is 30.3 Å². The van der Waals surface area contributed by atoms with Crippen molar-refractivity contribution < 1.29 is 14.3 Å². The van der Waals surface area contributed by atoms with Gasteiger partial charge in [0, 0.05) is 13.7 Å². The van der Waals surface area contributed by atoms with E-state index in [0.717, 1.165) is 19.5 Å². The Bertz CT molecular complexity index is 519. The summed E-state index contributed by atoms with van der Waals surface area (Å²) in [5, 5.41) is 8.70. The summed E-state index contributed by atoms with van der Waals surface area (Å²) < 4.78 is 5.43. The van der Waals surface area contributed by atoms with Crippen LogP contribution in [0.15, 0.2) is 30.3 Å². The first-order chi connectivity index (χ1) is 11.2. The zero-order valence-corrected chi connectivity index (χ0v) is 14.8. The molecule has 1 aliphatic rings. The molecule has 0 atom stereocenters. The molecule has 1 aromatic carbocycles. The third kappa shape index (κ3) is 5.78. The lowest BCUT2D eigenvalue weighted by atomic mass is 9.91. The molecule has 0 aromatic heterocycles. The van der Waals surface area contributed by atoms with Crippen LogP contribution in [0, 0.1) is 0 Å². The predicted octanol–water partition coefficient (Wildman–Crippen LogP) is 0.652. The second-order valence-electron chi connectivity index (χ2n) is 5.72. The van der Waals surface area contributed by atoms with E-state index in [9.17, 15) is 9.59 Å². The van der Waals surface area contributed by atoms with Gasteiger partial charge in [0.15, 0.2) is 0 Å². The van der Waals surface area contributed by atoms with Crippen molar-refractivity contribution in [1.29, 1.82) is 0 Å². The first-order valence-corrected chi connectivity index (χ1v) is 8.01. The summed E-state index contributed by atoms with van der Waals surface area (Å²) in [4.78, 5) is 24.1. The zero-order chi connectivity index (χ0) is 16.5. The minimum absolute atomic E-state index is 0. The second kappa shape index (κ2) is 10.3. The van der Waals surface area contributed by atoms with Crippen molar-refractivity contribution in [3.63, 3.8) is 0 Å². The van der Waals surface area contributed by atoms with E-state index in [-0.39, 0.29) is 30.8 Å². The monoisotopic (exact) mass is 355 g/mol. The molecule has 0 spiro atoms. The number of rotatable bonds is 7. The molecular weight excluding hydrogens is 330 g/mol. The van der Waals surface area contributed by atoms with Crippen LogP contribution < -0.4 is 16.0 Å². The van der Waals surface area contributed by atoms with E-state index in [0.29, 0.717) is 19.4 Å². The lowest BCUT2D eigenvalue weighted by Gasteiger charge is -2.34. The molecule has 1 fully saturated rings. The Labute approximate surface area is 149 Å². The molecule has 0 unspecified atom stereocenters. The number of halogens is 1. The number of benzene rings is 1. The largest absolute Gasteiger partial charge is 0.368 e. The van der Waals surface area contributed by atoms with Crippen molar-refractivity contribution in [3.8, 4) is 0 Å². The minimum Gasteiger partial charge on any atom is -0.368 e. The number of amides is 2. The predicted molar refractivity (Wildman–Crippen MR) is 95.3 cm³/mol. The Morgan fingerprint density at radius 2 is 1.83 bits per heavy atom. The van der Waals surface area contributed by atoms with Gasteiger partial charge in [0.2, 0.25) is 5.91 Å². The number of carbonyl (C=O) groups excluding carboxylic acids is 2. The van der Waals surface area contributed by atoms with Crippen LogP contribution in [0.3, 0.4) is 0 Å². The SMILES string of the molecule is COC1(C(=O)NCC(=O)NCCc2ccccc2)CCNCC1.Cl. The summed E-state index contributed by atoms with van der Waals surface area (Å²) in [6.07, 6.45) is 2.00. The molecule has 0 saturated carbocycles. The Morgan fingerprint density at radius 1 is 1.17 bits per heavy atom. The molecular formula is C17H26ClN3O3. The van der Waals surface area contributed by atoms with Crippen LogP contribution in [0.2, 0.25) is 0 Å². The van der Waals surface area contributed by atoms with Gasteiger partial charge in [0.25, 0.3) is 5.91 Å². The summed E-state index contributed by atoms with van der Waals surface area (Å²) in [5.41, 5.74) is 0.361. The van der Waals surface area contributed by atoms with Crippen molar-refractivity contribution >= 4 is 24.2 Å². The molecule has 0 radical (unpaired) electrons. The van der Waals surface area contributed by atoms with Crippen LogP contribution in [0.5, 0.6) is 0 Å². The number of methoxy groups -OCH3 is 1. The summed E-state index contributed by atoms with van der Waals surface area (Å²) in [6.45, 7) is 2.01. The third-order valence-corrected chi connectivity index (χ3v) is 4.20. The van der Waals surface area contributed by atoms with Crippen LogP contribution >= 0.6 is 12.4 Å². The number of carbonyl (C=O) groups is 2. The quantitative estimate of drug-likeness (QED) is 0.671. The average molecular weight is 356 g/mol. The highest BCUT2D eigenvalue weighted by Crippen LogP contribution is 2.22. The second-order valence-corrected chi connectivity index (χ2v) is 5.72. The molecule has 0 bridgehead atoms. The van der Waals surface area contributed by atoms with E-state index in [1.165, 1.54) is 5.56 Å². The van der Waals surface area contributed by atoms with E-state index >= 15 is 0 Å². The Morgan fingerprint density at radius 3 is 2.46 bits per heavy atom. The highest BCUT2D eigenvalue weighted by Gasteiger charge is 2.39. The van der Waals surface area contributed by atoms with E-state index < -0.39 is 5.60 Å². The maximum atomic E-state index is 12.3. The Balaban J connectivity index is 0.00000288. The van der Waals surface area contributed by atoms with E-state index in [4.69, 9.17) is 4.74 Å². The molecule has 1 saturated heterocycles. The number of hydrogen-bond acceptors (Lipinski definition) is 4. The lowest BCUT2D eigenvalue weighted by Crippen LogP contribution is -2.55. The Hall–Kier alpha value is -1.63. The molecule has 2 amide bonds. The van der Waals surface area contributed by atoms with E-state index in [2.05, 4.69) is 16.0 Å². The fourth-order valence-electron chi connectivity index (χ4n) is 2.73. The normalized spacial score (nSPS) is 15.9. The fraction of sp³-hybridized carbons (Fsp3) is 0.529. The first kappa shape index (κ1) is 20.4. The number of hydrogen-bond donors (Lipinski definition) is 3. The highest BCUT2D eigenvalue weighted by atomic mass is 35.5. The zero-order valence-electron chi connectivity index (χ0n) is 14.0. The van der Waals surface area contributed by atoms with Gasteiger partial charge in [0.1, 0.15) is 5.60 Å². The van der Waals surface area contributed by atoms with Gasteiger partial charge in [-0.05, 0) is 37.9 Å². The maximum absolute atomic E-state index is 12.3. The smallest absolute Gasteiger partial charge is 0.252 e. The molecule has 1 heterocycles. The molecule has 1 aromatic rings. The van der Waals surface area contributed by atoms with Crippen LogP contribution in [-0.4, -0.2) is 50.7 Å². The summed E-state index contributed by atoms with van der Waals surface area (Å²) in [6, 6.07) is 9.95. The topological polar surface area (TPSA) is 79.5 Å². The molecule has 7 heteroatoms. The lowest BCUT2D eigenvalue weighted by molar-refractivity contribution is -0.147. The Kier molecular flexibility index (Phi) is 8.74. The van der Waals surface area contributed by atoms with Crippen molar-refractivity contribution in [3.05, 3.63) is 35.9 Å². The molecule has 0 aliphatic carbocycles. The van der Waals surface area contributed by atoms with Gasteiger partial charge in [0.05, 0.1) is 6.54 Å². The standard InChI is InChI=1S/C17H25N3O3.ClH/c1-23-17(8-11-18-12-9-17)16(22)20-13-15(21)19-10-7-14-5-3-2-4-6-14;/h2-6,18H,7-13H2,1H3,(H,19,21)(H,20,22);1H. The van der Waals surface area contributed by atoms with Gasteiger partial charge in [-0.3, -0.25) is 9.59 Å². The summed E-state index contributed by atoms with van der Waals surface area (Å²) >= 11 is 0. The van der Waals surface area contributed by atoms with Crippen molar-refractivity contribution in [2.75, 3.05) is 33.3 Å². The number of ether oxygens (including phenoxy) is 1. The van der Waals surface area contributed by atoms with Gasteiger partial charge in [-0.1, -0.05) is 30.3 Å². The highest BCUT2D eigenvalue weighted by molar-refractivity contribution is 5.89. The van der Waals surface area contributed by atoms with Gasteiger partial charge >= 0.3 is 0 Å². The molecule has 2 rings (SSSR count). The molecule has 3 N–H and O–H groups in total. The molecule has 1 aliphatic heterocycles. The van der Waals surface area contributed by atoms with Gasteiger partial charge in [-0.15, -0.1) is 12.4 Å². The van der Waals surface area contributed by atoms with Crippen LogP contribution in [0.25, 0.3) is 0 Å². The van der Waals surface area contributed by atoms with Crippen molar-refractivity contribution in [2.45, 2.75) is 24.9 Å². The fourth-order valence-corrected chi connectivity index (χ4v) is 2.73. The number of nitrogens with one attached hydrogen (secondary N) is 3. The van der Waals surface area contributed by atoms with Gasteiger partial charge < -0.3 is 20.7 Å².